The molecule has 2 nitrogen and oxygen atoms in total. The highest BCUT2D eigenvalue weighted by molar-refractivity contribution is 8.00. The van der Waals surface area contributed by atoms with Gasteiger partial charge in [-0.1, -0.05) is 0 Å². The molecule has 2 unspecified atom stereocenters. The third kappa shape index (κ3) is 2.48. The number of β-amino-alcohol motifs (C(OH)–C–C–N with tert-alkyl or cyclic N) is 1. The molecule has 82 valence electrons. The summed E-state index contributed by atoms with van der Waals surface area (Å²) in [5, 5.41) is 12.5. The highest BCUT2D eigenvalue weighted by atomic mass is 32.2. The Balaban J connectivity index is 2.10. The Labute approximate surface area is 90.7 Å². The second-order valence-electron chi connectivity index (χ2n) is 3.46. The van der Waals surface area contributed by atoms with Gasteiger partial charge in [0.15, 0.2) is 0 Å². The lowest BCUT2D eigenvalue weighted by molar-refractivity contribution is 0.201. The van der Waals surface area contributed by atoms with Crippen LogP contribution in [0, 0.1) is 11.6 Å². The summed E-state index contributed by atoms with van der Waals surface area (Å²) in [6.45, 7) is 1.17. The van der Waals surface area contributed by atoms with E-state index in [0.717, 1.165) is 6.07 Å². The molecule has 0 amide bonds. The maximum atomic E-state index is 13.3. The van der Waals surface area contributed by atoms with Crippen LogP contribution in [0.25, 0.3) is 0 Å². The second-order valence-corrected chi connectivity index (χ2v) is 4.74. The Morgan fingerprint density at radius 1 is 1.33 bits per heavy atom. The number of nitrogens with one attached hydrogen (secondary N) is 1. The minimum Gasteiger partial charge on any atom is -0.391 e. The van der Waals surface area contributed by atoms with Crippen LogP contribution in [-0.4, -0.2) is 29.5 Å². The van der Waals surface area contributed by atoms with E-state index in [1.807, 2.05) is 0 Å². The molecule has 15 heavy (non-hydrogen) atoms. The molecule has 1 aromatic carbocycles. The molecule has 1 aliphatic heterocycles. The summed E-state index contributed by atoms with van der Waals surface area (Å²) in [5.74, 6) is -1.15. The molecular formula is C10H11F2NOS. The molecule has 1 aliphatic rings. The Morgan fingerprint density at radius 2 is 2.13 bits per heavy atom. The SMILES string of the molecule is OC1CNCC1Sc1ccc(F)cc1F. The quantitative estimate of drug-likeness (QED) is 0.806. The van der Waals surface area contributed by atoms with Gasteiger partial charge in [-0.2, -0.15) is 0 Å². The normalized spacial score (nSPS) is 25.8. The molecule has 5 heteroatoms. The molecule has 1 heterocycles. The van der Waals surface area contributed by atoms with Gasteiger partial charge >= 0.3 is 0 Å². The van der Waals surface area contributed by atoms with Gasteiger partial charge in [0.1, 0.15) is 11.6 Å². The molecule has 1 saturated heterocycles. The van der Waals surface area contributed by atoms with E-state index in [9.17, 15) is 13.9 Å². The van der Waals surface area contributed by atoms with E-state index < -0.39 is 17.7 Å². The molecule has 0 saturated carbocycles. The van der Waals surface area contributed by atoms with Crippen molar-refractivity contribution in [1.29, 1.82) is 0 Å². The Bertz CT molecular complexity index is 361. The first kappa shape index (κ1) is 10.9. The smallest absolute Gasteiger partial charge is 0.139 e. The van der Waals surface area contributed by atoms with Crippen LogP contribution < -0.4 is 5.32 Å². The lowest BCUT2D eigenvalue weighted by Gasteiger charge is -2.12. The number of thioether (sulfide) groups is 1. The largest absolute Gasteiger partial charge is 0.391 e. The molecule has 0 bridgehead atoms. The Hall–Kier alpha value is -0.650. The van der Waals surface area contributed by atoms with E-state index in [1.165, 1.54) is 23.9 Å². The fraction of sp³-hybridized carbons (Fsp3) is 0.400. The third-order valence-corrected chi connectivity index (χ3v) is 3.67. The van der Waals surface area contributed by atoms with E-state index in [4.69, 9.17) is 0 Å². The van der Waals surface area contributed by atoms with Crippen LogP contribution >= 0.6 is 11.8 Å². The van der Waals surface area contributed by atoms with Gasteiger partial charge in [-0.15, -0.1) is 11.8 Å². The van der Waals surface area contributed by atoms with Crippen LogP contribution in [0.1, 0.15) is 0 Å². The molecule has 0 aromatic heterocycles. The maximum Gasteiger partial charge on any atom is 0.139 e. The van der Waals surface area contributed by atoms with E-state index in [-0.39, 0.29) is 5.25 Å². The molecule has 0 radical (unpaired) electrons. The van der Waals surface area contributed by atoms with Crippen LogP contribution in [0.4, 0.5) is 8.78 Å². The number of rotatable bonds is 2. The minimum absolute atomic E-state index is 0.0649. The summed E-state index contributed by atoms with van der Waals surface area (Å²) >= 11 is 1.24. The van der Waals surface area contributed by atoms with Gasteiger partial charge < -0.3 is 10.4 Å². The minimum atomic E-state index is -0.582. The van der Waals surface area contributed by atoms with Crippen molar-refractivity contribution in [2.45, 2.75) is 16.2 Å². The van der Waals surface area contributed by atoms with Gasteiger partial charge in [-0.05, 0) is 12.1 Å². The van der Waals surface area contributed by atoms with Gasteiger partial charge in [0.25, 0.3) is 0 Å². The molecule has 2 rings (SSSR count). The van der Waals surface area contributed by atoms with Crippen molar-refractivity contribution in [3.8, 4) is 0 Å². The monoisotopic (exact) mass is 231 g/mol. The Morgan fingerprint density at radius 3 is 2.73 bits per heavy atom. The zero-order chi connectivity index (χ0) is 10.8. The van der Waals surface area contributed by atoms with Crippen molar-refractivity contribution < 1.29 is 13.9 Å². The summed E-state index contributed by atoms with van der Waals surface area (Å²) in [6, 6.07) is 3.48. The summed E-state index contributed by atoms with van der Waals surface area (Å²) in [6.07, 6.45) is -0.473. The first-order valence-corrected chi connectivity index (χ1v) is 5.55. The third-order valence-electron chi connectivity index (χ3n) is 2.30. The predicted octanol–water partition coefficient (Wildman–Crippen LogP) is 1.39. The average Bonchev–Trinajstić information content (AvgIpc) is 2.57. The van der Waals surface area contributed by atoms with Crippen molar-refractivity contribution >= 4 is 11.8 Å². The maximum absolute atomic E-state index is 13.3. The lowest BCUT2D eigenvalue weighted by atomic mass is 10.3. The lowest BCUT2D eigenvalue weighted by Crippen LogP contribution is -2.20. The van der Waals surface area contributed by atoms with E-state index in [0.29, 0.717) is 18.0 Å². The van der Waals surface area contributed by atoms with Crippen molar-refractivity contribution in [3.05, 3.63) is 29.8 Å². The molecule has 1 fully saturated rings. The standard InChI is InChI=1S/C10H11F2NOS/c11-6-1-2-9(7(12)3-6)15-10-5-13-4-8(10)14/h1-3,8,10,13-14H,4-5H2. The number of hydrogen-bond donors (Lipinski definition) is 2. The molecule has 0 spiro atoms. The van der Waals surface area contributed by atoms with E-state index in [1.54, 1.807) is 0 Å². The predicted molar refractivity (Wildman–Crippen MR) is 54.9 cm³/mol. The summed E-state index contributed by atoms with van der Waals surface area (Å²) in [5.41, 5.74) is 0. The number of benzene rings is 1. The van der Waals surface area contributed by atoms with Crippen LogP contribution in [0.5, 0.6) is 0 Å². The number of halogens is 2. The number of aliphatic hydroxyl groups excluding tert-OH is 1. The first-order valence-electron chi connectivity index (χ1n) is 4.67. The fourth-order valence-corrected chi connectivity index (χ4v) is 2.59. The molecule has 1 aromatic rings. The summed E-state index contributed by atoms with van der Waals surface area (Å²) < 4.78 is 25.9. The molecule has 2 N–H and O–H groups in total. The fourth-order valence-electron chi connectivity index (χ4n) is 1.50. The van der Waals surface area contributed by atoms with Crippen LogP contribution in [-0.2, 0) is 0 Å². The molecular weight excluding hydrogens is 220 g/mol. The van der Waals surface area contributed by atoms with E-state index in [2.05, 4.69) is 5.32 Å². The van der Waals surface area contributed by atoms with Gasteiger partial charge in [0.2, 0.25) is 0 Å². The highest BCUT2D eigenvalue weighted by Crippen LogP contribution is 2.29. The Kier molecular flexibility index (Phi) is 3.23. The van der Waals surface area contributed by atoms with Crippen molar-refractivity contribution in [3.63, 3.8) is 0 Å². The van der Waals surface area contributed by atoms with Crippen molar-refractivity contribution in [2.24, 2.45) is 0 Å². The number of hydrogen-bond acceptors (Lipinski definition) is 3. The van der Waals surface area contributed by atoms with Gasteiger partial charge in [-0.3, -0.25) is 0 Å². The van der Waals surface area contributed by atoms with E-state index >= 15 is 0 Å². The summed E-state index contributed by atoms with van der Waals surface area (Å²) in [4.78, 5) is 0.379. The first-order chi connectivity index (χ1) is 7.16. The van der Waals surface area contributed by atoms with Gasteiger partial charge in [0.05, 0.1) is 6.10 Å². The number of aliphatic hydroxyl groups is 1. The van der Waals surface area contributed by atoms with Gasteiger partial charge in [0, 0.05) is 29.3 Å². The van der Waals surface area contributed by atoms with Crippen molar-refractivity contribution in [1.82, 2.24) is 5.32 Å². The highest BCUT2D eigenvalue weighted by Gasteiger charge is 2.26. The van der Waals surface area contributed by atoms with Crippen molar-refractivity contribution in [2.75, 3.05) is 13.1 Å². The van der Waals surface area contributed by atoms with Crippen LogP contribution in [0.15, 0.2) is 23.1 Å². The second kappa shape index (κ2) is 4.47. The molecule has 2 atom stereocenters. The zero-order valence-electron chi connectivity index (χ0n) is 7.91. The van der Waals surface area contributed by atoms with Crippen LogP contribution in [0.3, 0.4) is 0 Å². The topological polar surface area (TPSA) is 32.3 Å². The summed E-state index contributed by atoms with van der Waals surface area (Å²) in [7, 11) is 0. The average molecular weight is 231 g/mol. The van der Waals surface area contributed by atoms with Crippen LogP contribution in [0.2, 0.25) is 0 Å². The molecule has 0 aliphatic carbocycles. The zero-order valence-corrected chi connectivity index (χ0v) is 8.73. The van der Waals surface area contributed by atoms with Gasteiger partial charge in [-0.25, -0.2) is 8.78 Å².